The number of amides is 1. The molecule has 1 saturated carbocycles. The Bertz CT molecular complexity index is 697. The topological polar surface area (TPSA) is 85.8 Å². The van der Waals surface area contributed by atoms with Crippen molar-refractivity contribution >= 4 is 17.7 Å². The van der Waals surface area contributed by atoms with E-state index in [1.54, 1.807) is 4.68 Å². The SMILES string of the molecule is C[C@@H](NC(=O)CSc1nnc(C2CCCCC2)n1N)c1ccccc1. The standard InChI is InChI=1S/C18H25N5OS/c1-13(14-8-4-2-5-9-14)20-16(24)12-25-18-22-21-17(23(18)19)15-10-6-3-7-11-15/h2,4-5,8-9,13,15H,3,6-7,10-12,19H2,1H3,(H,20,24)/t13-/m1/s1. The summed E-state index contributed by atoms with van der Waals surface area (Å²) in [6.45, 7) is 1.98. The molecule has 1 aromatic heterocycles. The second-order valence-corrected chi connectivity index (χ2v) is 7.48. The molecule has 0 unspecified atom stereocenters. The van der Waals surface area contributed by atoms with Crippen molar-refractivity contribution in [3.63, 3.8) is 0 Å². The molecule has 7 heteroatoms. The molecule has 0 aliphatic heterocycles. The Labute approximate surface area is 152 Å². The van der Waals surface area contributed by atoms with E-state index in [4.69, 9.17) is 5.84 Å². The summed E-state index contributed by atoms with van der Waals surface area (Å²) in [4.78, 5) is 12.2. The maximum atomic E-state index is 12.2. The van der Waals surface area contributed by atoms with Crippen molar-refractivity contribution < 1.29 is 4.79 Å². The largest absolute Gasteiger partial charge is 0.349 e. The molecule has 1 amide bonds. The molecule has 0 spiro atoms. The van der Waals surface area contributed by atoms with Crippen LogP contribution in [-0.2, 0) is 4.79 Å². The highest BCUT2D eigenvalue weighted by Gasteiger charge is 2.23. The van der Waals surface area contributed by atoms with Crippen molar-refractivity contribution in [3.8, 4) is 0 Å². The quantitative estimate of drug-likeness (QED) is 0.612. The number of hydrogen-bond donors (Lipinski definition) is 2. The van der Waals surface area contributed by atoms with Gasteiger partial charge in [-0.3, -0.25) is 4.79 Å². The van der Waals surface area contributed by atoms with Crippen LogP contribution in [0.25, 0.3) is 0 Å². The van der Waals surface area contributed by atoms with Gasteiger partial charge in [0.2, 0.25) is 11.1 Å². The van der Waals surface area contributed by atoms with Crippen LogP contribution in [0.1, 0.15) is 62.4 Å². The van der Waals surface area contributed by atoms with Crippen molar-refractivity contribution in [3.05, 3.63) is 41.7 Å². The van der Waals surface area contributed by atoms with E-state index < -0.39 is 0 Å². The fraction of sp³-hybridized carbons (Fsp3) is 0.500. The molecule has 2 aromatic rings. The van der Waals surface area contributed by atoms with Gasteiger partial charge in [0.05, 0.1) is 11.8 Å². The lowest BCUT2D eigenvalue weighted by Crippen LogP contribution is -2.28. The van der Waals surface area contributed by atoms with E-state index in [-0.39, 0.29) is 17.7 Å². The van der Waals surface area contributed by atoms with Gasteiger partial charge < -0.3 is 11.2 Å². The van der Waals surface area contributed by atoms with Gasteiger partial charge in [-0.05, 0) is 25.3 Å². The van der Waals surface area contributed by atoms with Crippen molar-refractivity contribution in [2.24, 2.45) is 0 Å². The van der Waals surface area contributed by atoms with Crippen LogP contribution in [0.3, 0.4) is 0 Å². The number of thioether (sulfide) groups is 1. The molecule has 134 valence electrons. The molecule has 1 aliphatic rings. The number of nitrogens with one attached hydrogen (secondary N) is 1. The number of nitrogen functional groups attached to an aromatic ring is 1. The third-order valence-electron chi connectivity index (χ3n) is 4.67. The molecule has 1 atom stereocenters. The summed E-state index contributed by atoms with van der Waals surface area (Å²) in [6, 6.07) is 9.89. The van der Waals surface area contributed by atoms with Gasteiger partial charge in [-0.15, -0.1) is 10.2 Å². The van der Waals surface area contributed by atoms with Crippen LogP contribution in [0.5, 0.6) is 0 Å². The van der Waals surface area contributed by atoms with Gasteiger partial charge in [-0.1, -0.05) is 61.4 Å². The van der Waals surface area contributed by atoms with E-state index in [1.807, 2.05) is 37.3 Å². The summed E-state index contributed by atoms with van der Waals surface area (Å²) in [6.07, 6.45) is 5.97. The Morgan fingerprint density at radius 1 is 1.28 bits per heavy atom. The molecule has 0 saturated heterocycles. The van der Waals surface area contributed by atoms with E-state index in [9.17, 15) is 4.79 Å². The normalized spacial score (nSPS) is 16.5. The highest BCUT2D eigenvalue weighted by atomic mass is 32.2. The molecule has 25 heavy (non-hydrogen) atoms. The summed E-state index contributed by atoms with van der Waals surface area (Å²) in [5.74, 6) is 7.63. The molecule has 0 radical (unpaired) electrons. The highest BCUT2D eigenvalue weighted by molar-refractivity contribution is 7.99. The van der Waals surface area contributed by atoms with Gasteiger partial charge >= 0.3 is 0 Å². The van der Waals surface area contributed by atoms with E-state index in [1.165, 1.54) is 31.0 Å². The summed E-state index contributed by atoms with van der Waals surface area (Å²) in [5, 5.41) is 12.0. The summed E-state index contributed by atoms with van der Waals surface area (Å²) in [5.41, 5.74) is 1.09. The number of carbonyl (C=O) groups is 1. The van der Waals surface area contributed by atoms with E-state index in [2.05, 4.69) is 15.5 Å². The third kappa shape index (κ3) is 4.54. The fourth-order valence-corrected chi connectivity index (χ4v) is 3.94. The number of hydrogen-bond acceptors (Lipinski definition) is 5. The van der Waals surface area contributed by atoms with Crippen LogP contribution in [0.15, 0.2) is 35.5 Å². The molecule has 1 fully saturated rings. The van der Waals surface area contributed by atoms with Crippen LogP contribution in [0.2, 0.25) is 0 Å². The summed E-state index contributed by atoms with van der Waals surface area (Å²) < 4.78 is 1.56. The molecule has 1 heterocycles. The Kier molecular flexibility index (Phi) is 5.96. The van der Waals surface area contributed by atoms with Crippen LogP contribution in [0.4, 0.5) is 0 Å². The lowest BCUT2D eigenvalue weighted by Gasteiger charge is -2.20. The predicted molar refractivity (Wildman–Crippen MR) is 99.7 cm³/mol. The number of rotatable bonds is 6. The molecule has 3 rings (SSSR count). The van der Waals surface area contributed by atoms with Crippen molar-refractivity contribution in [2.45, 2.75) is 56.1 Å². The molecular formula is C18H25N5OS. The average Bonchev–Trinajstić information content (AvgIpc) is 3.02. The van der Waals surface area contributed by atoms with E-state index in [0.29, 0.717) is 11.1 Å². The maximum Gasteiger partial charge on any atom is 0.230 e. The zero-order valence-electron chi connectivity index (χ0n) is 14.5. The van der Waals surface area contributed by atoms with Gasteiger partial charge in [0.25, 0.3) is 0 Å². The second-order valence-electron chi connectivity index (χ2n) is 6.53. The first-order valence-corrected chi connectivity index (χ1v) is 9.81. The zero-order chi connectivity index (χ0) is 17.6. The first-order chi connectivity index (χ1) is 12.1. The number of benzene rings is 1. The Balaban J connectivity index is 1.53. The monoisotopic (exact) mass is 359 g/mol. The third-order valence-corrected chi connectivity index (χ3v) is 5.61. The highest BCUT2D eigenvalue weighted by Crippen LogP contribution is 2.32. The minimum atomic E-state index is -0.0384. The summed E-state index contributed by atoms with van der Waals surface area (Å²) in [7, 11) is 0. The van der Waals surface area contributed by atoms with Gasteiger partial charge in [-0.25, -0.2) is 4.68 Å². The smallest absolute Gasteiger partial charge is 0.230 e. The fourth-order valence-electron chi connectivity index (χ4n) is 3.26. The molecule has 0 bridgehead atoms. The molecule has 1 aliphatic carbocycles. The van der Waals surface area contributed by atoms with Crippen LogP contribution in [0, 0.1) is 0 Å². The lowest BCUT2D eigenvalue weighted by molar-refractivity contribution is -0.119. The van der Waals surface area contributed by atoms with Crippen LogP contribution >= 0.6 is 11.8 Å². The van der Waals surface area contributed by atoms with Crippen molar-refractivity contribution in [1.29, 1.82) is 0 Å². The Hall–Kier alpha value is -2.02. The van der Waals surface area contributed by atoms with E-state index in [0.717, 1.165) is 24.2 Å². The number of nitrogens with two attached hydrogens (primary N) is 1. The maximum absolute atomic E-state index is 12.2. The van der Waals surface area contributed by atoms with E-state index >= 15 is 0 Å². The minimum absolute atomic E-state index is 0.0251. The lowest BCUT2D eigenvalue weighted by atomic mass is 9.89. The molecular weight excluding hydrogens is 334 g/mol. The van der Waals surface area contributed by atoms with Crippen molar-refractivity contribution in [1.82, 2.24) is 20.2 Å². The van der Waals surface area contributed by atoms with Crippen molar-refractivity contribution in [2.75, 3.05) is 11.6 Å². The number of aromatic nitrogens is 3. The minimum Gasteiger partial charge on any atom is -0.349 e. The predicted octanol–water partition coefficient (Wildman–Crippen LogP) is 3.01. The van der Waals surface area contributed by atoms with Gasteiger partial charge in [0, 0.05) is 5.92 Å². The van der Waals surface area contributed by atoms with Gasteiger partial charge in [0.15, 0.2) is 5.82 Å². The summed E-state index contributed by atoms with van der Waals surface area (Å²) >= 11 is 1.33. The van der Waals surface area contributed by atoms with Crippen LogP contribution in [-0.4, -0.2) is 26.5 Å². The van der Waals surface area contributed by atoms with Gasteiger partial charge in [-0.2, -0.15) is 0 Å². The molecule has 3 N–H and O–H groups in total. The Morgan fingerprint density at radius 2 is 2.00 bits per heavy atom. The Morgan fingerprint density at radius 3 is 2.72 bits per heavy atom. The zero-order valence-corrected chi connectivity index (χ0v) is 15.3. The first-order valence-electron chi connectivity index (χ1n) is 8.82. The van der Waals surface area contributed by atoms with Crippen LogP contribution < -0.4 is 11.2 Å². The molecule has 6 nitrogen and oxygen atoms in total. The number of carbonyl (C=O) groups excluding carboxylic acids is 1. The first kappa shape index (κ1) is 17.8. The second kappa shape index (κ2) is 8.38. The number of nitrogens with zero attached hydrogens (tertiary/aromatic N) is 3. The molecule has 1 aromatic carbocycles. The average molecular weight is 359 g/mol. The van der Waals surface area contributed by atoms with Gasteiger partial charge in [0.1, 0.15) is 0 Å².